The molecule has 2 aliphatic heterocycles. The van der Waals surface area contributed by atoms with Gasteiger partial charge in [0.15, 0.2) is 0 Å². The summed E-state index contributed by atoms with van der Waals surface area (Å²) in [7, 11) is -1.46. The van der Waals surface area contributed by atoms with E-state index in [0.29, 0.717) is 19.0 Å². The summed E-state index contributed by atoms with van der Waals surface area (Å²) in [5, 5.41) is 3.32. The van der Waals surface area contributed by atoms with Crippen molar-refractivity contribution in [1.29, 1.82) is 0 Å². The molecule has 1 N–H and O–H groups in total. The smallest absolute Gasteiger partial charge is 0.214 e. The van der Waals surface area contributed by atoms with Crippen LogP contribution in [-0.2, 0) is 14.8 Å². The Balaban J connectivity index is 1.88. The molecule has 0 spiro atoms. The lowest BCUT2D eigenvalue weighted by Gasteiger charge is -2.38. The van der Waals surface area contributed by atoms with Crippen molar-refractivity contribution in [1.82, 2.24) is 9.62 Å². The number of methoxy groups -OCH3 is 1. The zero-order valence-corrected chi connectivity index (χ0v) is 13.5. The maximum absolute atomic E-state index is 12.5. The quantitative estimate of drug-likeness (QED) is 0.829. The molecule has 1 atom stereocenters. The van der Waals surface area contributed by atoms with Crippen molar-refractivity contribution in [3.63, 3.8) is 0 Å². The third-order valence-electron chi connectivity index (χ3n) is 4.75. The Kier molecular flexibility index (Phi) is 5.45. The minimum absolute atomic E-state index is 0.289. The van der Waals surface area contributed by atoms with Gasteiger partial charge in [-0.05, 0) is 58.0 Å². The van der Waals surface area contributed by atoms with Gasteiger partial charge in [-0.3, -0.25) is 0 Å². The van der Waals surface area contributed by atoms with Gasteiger partial charge in [0.1, 0.15) is 0 Å². The Morgan fingerprint density at radius 3 is 2.70 bits per heavy atom. The van der Waals surface area contributed by atoms with Gasteiger partial charge >= 0.3 is 0 Å². The van der Waals surface area contributed by atoms with Gasteiger partial charge in [0.25, 0.3) is 0 Å². The lowest BCUT2D eigenvalue weighted by molar-refractivity contribution is -0.0319. The van der Waals surface area contributed by atoms with Crippen LogP contribution in [0.1, 0.15) is 39.0 Å². The van der Waals surface area contributed by atoms with Gasteiger partial charge in [-0.25, -0.2) is 8.42 Å². The molecule has 2 aliphatic rings. The van der Waals surface area contributed by atoms with E-state index in [2.05, 4.69) is 5.32 Å². The first kappa shape index (κ1) is 16.2. The van der Waals surface area contributed by atoms with Crippen LogP contribution in [-0.4, -0.2) is 57.4 Å². The van der Waals surface area contributed by atoms with Crippen LogP contribution in [0.3, 0.4) is 0 Å². The third kappa shape index (κ3) is 4.16. The summed E-state index contributed by atoms with van der Waals surface area (Å²) in [6, 6.07) is 0. The van der Waals surface area contributed by atoms with Crippen molar-refractivity contribution < 1.29 is 13.2 Å². The van der Waals surface area contributed by atoms with Crippen LogP contribution in [0.15, 0.2) is 0 Å². The molecule has 0 aromatic heterocycles. The summed E-state index contributed by atoms with van der Waals surface area (Å²) in [6.07, 6.45) is 4.82. The second-order valence-corrected chi connectivity index (χ2v) is 8.48. The topological polar surface area (TPSA) is 58.6 Å². The molecular formula is C14H28N2O3S. The number of piperidine rings is 2. The maximum atomic E-state index is 12.5. The molecule has 2 heterocycles. The van der Waals surface area contributed by atoms with Crippen molar-refractivity contribution >= 4 is 10.0 Å². The van der Waals surface area contributed by atoms with E-state index in [1.807, 2.05) is 6.92 Å². The van der Waals surface area contributed by atoms with Gasteiger partial charge in [-0.2, -0.15) is 4.31 Å². The molecule has 5 nitrogen and oxygen atoms in total. The van der Waals surface area contributed by atoms with Crippen LogP contribution in [0.25, 0.3) is 0 Å². The summed E-state index contributed by atoms with van der Waals surface area (Å²) in [5.74, 6) is 0.849. The molecular weight excluding hydrogens is 276 g/mol. The minimum Gasteiger partial charge on any atom is -0.377 e. The van der Waals surface area contributed by atoms with Crippen LogP contribution < -0.4 is 5.32 Å². The number of hydrogen-bond donors (Lipinski definition) is 1. The van der Waals surface area contributed by atoms with E-state index in [-0.39, 0.29) is 11.4 Å². The SMILES string of the molecule is COC1(C)CCCN(S(=O)(=O)CCC2CCNCC2)C1. The Hall–Kier alpha value is -0.170. The summed E-state index contributed by atoms with van der Waals surface area (Å²) >= 11 is 0. The van der Waals surface area contributed by atoms with E-state index in [1.165, 1.54) is 0 Å². The third-order valence-corrected chi connectivity index (χ3v) is 6.60. The largest absolute Gasteiger partial charge is 0.377 e. The molecule has 2 rings (SSSR count). The highest BCUT2D eigenvalue weighted by Crippen LogP contribution is 2.27. The molecule has 0 bridgehead atoms. The van der Waals surface area contributed by atoms with E-state index in [9.17, 15) is 8.42 Å². The molecule has 0 aliphatic carbocycles. The highest BCUT2D eigenvalue weighted by atomic mass is 32.2. The number of nitrogens with one attached hydrogen (secondary N) is 1. The second-order valence-electron chi connectivity index (χ2n) is 6.39. The number of hydrogen-bond acceptors (Lipinski definition) is 4. The molecule has 1 unspecified atom stereocenters. The normalized spacial score (nSPS) is 30.5. The average molecular weight is 304 g/mol. The van der Waals surface area contributed by atoms with Crippen molar-refractivity contribution in [3.8, 4) is 0 Å². The predicted molar refractivity (Wildman–Crippen MR) is 80.2 cm³/mol. The summed E-state index contributed by atoms with van der Waals surface area (Å²) in [4.78, 5) is 0. The lowest BCUT2D eigenvalue weighted by atomic mass is 9.96. The molecule has 0 radical (unpaired) electrons. The predicted octanol–water partition coefficient (Wildman–Crippen LogP) is 1.21. The zero-order chi connectivity index (χ0) is 14.6. The monoisotopic (exact) mass is 304 g/mol. The van der Waals surface area contributed by atoms with Crippen molar-refractivity contribution in [3.05, 3.63) is 0 Å². The highest BCUT2D eigenvalue weighted by molar-refractivity contribution is 7.89. The maximum Gasteiger partial charge on any atom is 0.214 e. The molecule has 0 amide bonds. The number of sulfonamides is 1. The second kappa shape index (κ2) is 6.73. The minimum atomic E-state index is -3.13. The van der Waals surface area contributed by atoms with Crippen molar-refractivity contribution in [2.75, 3.05) is 39.0 Å². The Bertz CT molecular complexity index is 407. The van der Waals surface area contributed by atoms with Gasteiger partial charge in [0, 0.05) is 20.2 Å². The molecule has 2 fully saturated rings. The standard InChI is InChI=1S/C14H28N2O3S/c1-14(19-2)7-3-10-16(12-14)20(17,18)11-6-13-4-8-15-9-5-13/h13,15H,3-12H2,1-2H3. The molecule has 0 aromatic rings. The first-order chi connectivity index (χ1) is 9.45. The summed E-state index contributed by atoms with van der Waals surface area (Å²) in [5.41, 5.74) is -0.319. The van der Waals surface area contributed by atoms with Crippen molar-refractivity contribution in [2.24, 2.45) is 5.92 Å². The Labute approximate surface area is 123 Å². The fourth-order valence-corrected chi connectivity index (χ4v) is 4.95. The van der Waals surface area contributed by atoms with E-state index in [0.717, 1.165) is 45.2 Å². The van der Waals surface area contributed by atoms with Gasteiger partial charge in [-0.15, -0.1) is 0 Å². The molecule has 0 aromatic carbocycles. The first-order valence-corrected chi connectivity index (χ1v) is 9.30. The number of rotatable bonds is 5. The lowest BCUT2D eigenvalue weighted by Crippen LogP contribution is -2.50. The molecule has 0 saturated carbocycles. The van der Waals surface area contributed by atoms with E-state index in [4.69, 9.17) is 4.74 Å². The summed E-state index contributed by atoms with van der Waals surface area (Å²) in [6.45, 7) is 5.19. The number of nitrogens with zero attached hydrogens (tertiary/aromatic N) is 1. The fourth-order valence-electron chi connectivity index (χ4n) is 3.18. The van der Waals surface area contributed by atoms with E-state index >= 15 is 0 Å². The van der Waals surface area contributed by atoms with Gasteiger partial charge in [0.2, 0.25) is 10.0 Å². The van der Waals surface area contributed by atoms with Crippen LogP contribution >= 0.6 is 0 Å². The van der Waals surface area contributed by atoms with Crippen LogP contribution in [0.2, 0.25) is 0 Å². The van der Waals surface area contributed by atoms with Crippen molar-refractivity contribution in [2.45, 2.75) is 44.6 Å². The summed E-state index contributed by atoms with van der Waals surface area (Å²) < 4.78 is 32.1. The highest BCUT2D eigenvalue weighted by Gasteiger charge is 2.36. The van der Waals surface area contributed by atoms with E-state index in [1.54, 1.807) is 11.4 Å². The Morgan fingerprint density at radius 1 is 1.35 bits per heavy atom. The van der Waals surface area contributed by atoms with Crippen LogP contribution in [0, 0.1) is 5.92 Å². The fraction of sp³-hybridized carbons (Fsp3) is 1.00. The van der Waals surface area contributed by atoms with E-state index < -0.39 is 10.0 Å². The van der Waals surface area contributed by atoms with Gasteiger partial charge < -0.3 is 10.1 Å². The molecule has 6 heteroatoms. The zero-order valence-electron chi connectivity index (χ0n) is 12.7. The van der Waals surface area contributed by atoms with Gasteiger partial charge in [-0.1, -0.05) is 0 Å². The molecule has 20 heavy (non-hydrogen) atoms. The molecule has 118 valence electrons. The van der Waals surface area contributed by atoms with Crippen LogP contribution in [0.4, 0.5) is 0 Å². The Morgan fingerprint density at radius 2 is 2.05 bits per heavy atom. The number of ether oxygens (including phenoxy) is 1. The first-order valence-electron chi connectivity index (χ1n) is 7.69. The average Bonchev–Trinajstić information content (AvgIpc) is 2.46. The molecule has 2 saturated heterocycles. The van der Waals surface area contributed by atoms with Crippen LogP contribution in [0.5, 0.6) is 0 Å². The van der Waals surface area contributed by atoms with Gasteiger partial charge in [0.05, 0.1) is 11.4 Å².